The number of ether oxygens (including phenoxy) is 1. The molecule has 0 spiro atoms. The zero-order valence-electron chi connectivity index (χ0n) is 13.1. The lowest BCUT2D eigenvalue weighted by Gasteiger charge is -2.23. The lowest BCUT2D eigenvalue weighted by molar-refractivity contribution is 0.0697. The molecule has 4 heteroatoms. The maximum Gasteiger partial charge on any atom is 0.335 e. The minimum atomic E-state index is -0.914. The van der Waals surface area contributed by atoms with Crippen molar-refractivity contribution < 1.29 is 14.6 Å². The first-order valence-corrected chi connectivity index (χ1v) is 7.59. The molecule has 2 rings (SSSR count). The second kappa shape index (κ2) is 6.37. The van der Waals surface area contributed by atoms with Crippen LogP contribution in [0.25, 0.3) is 0 Å². The van der Waals surface area contributed by atoms with Crippen molar-refractivity contribution in [2.24, 2.45) is 5.41 Å². The van der Waals surface area contributed by atoms with Crippen LogP contribution in [0, 0.1) is 5.41 Å². The molecule has 1 saturated carbocycles. The summed E-state index contributed by atoms with van der Waals surface area (Å²) in [4.78, 5) is 11.1. The van der Waals surface area contributed by atoms with Gasteiger partial charge in [-0.15, -0.1) is 0 Å². The summed E-state index contributed by atoms with van der Waals surface area (Å²) >= 11 is 0. The molecule has 1 aliphatic rings. The third-order valence-electron chi connectivity index (χ3n) is 4.38. The summed E-state index contributed by atoms with van der Waals surface area (Å²) < 4.78 is 5.34. The Morgan fingerprint density at radius 2 is 2.10 bits per heavy atom. The minimum Gasteiger partial charge on any atom is -0.495 e. The van der Waals surface area contributed by atoms with Crippen molar-refractivity contribution in [2.45, 2.75) is 52.0 Å². The number of methoxy groups -OCH3 is 1. The van der Waals surface area contributed by atoms with E-state index in [4.69, 9.17) is 9.84 Å². The van der Waals surface area contributed by atoms with E-state index < -0.39 is 5.97 Å². The summed E-state index contributed by atoms with van der Waals surface area (Å²) in [5.74, 6) is -0.216. The van der Waals surface area contributed by atoms with E-state index in [0.717, 1.165) is 18.5 Å². The van der Waals surface area contributed by atoms with Gasteiger partial charge in [-0.1, -0.05) is 20.3 Å². The van der Waals surface area contributed by atoms with Gasteiger partial charge in [-0.3, -0.25) is 0 Å². The summed E-state index contributed by atoms with van der Waals surface area (Å²) in [7, 11) is 1.61. The first-order chi connectivity index (χ1) is 9.91. The predicted octanol–water partition coefficient (Wildman–Crippen LogP) is 4.16. The highest BCUT2D eigenvalue weighted by Gasteiger charge is 2.24. The van der Waals surface area contributed by atoms with Crippen molar-refractivity contribution in [1.82, 2.24) is 0 Å². The van der Waals surface area contributed by atoms with E-state index in [1.165, 1.54) is 19.3 Å². The molecule has 0 aromatic heterocycles. The lowest BCUT2D eigenvalue weighted by atomic mass is 9.85. The number of carboxylic acids is 1. The Hall–Kier alpha value is -1.71. The Kier molecular flexibility index (Phi) is 4.76. The van der Waals surface area contributed by atoms with Crippen LogP contribution in [0.5, 0.6) is 5.75 Å². The van der Waals surface area contributed by atoms with Gasteiger partial charge in [0.25, 0.3) is 0 Å². The number of anilines is 1. The van der Waals surface area contributed by atoms with E-state index >= 15 is 0 Å². The van der Waals surface area contributed by atoms with Crippen LogP contribution in [0.4, 0.5) is 5.69 Å². The van der Waals surface area contributed by atoms with Crippen molar-refractivity contribution in [1.29, 1.82) is 0 Å². The van der Waals surface area contributed by atoms with Crippen molar-refractivity contribution in [3.05, 3.63) is 23.8 Å². The molecule has 2 N–H and O–H groups in total. The zero-order chi connectivity index (χ0) is 15.5. The molecule has 0 saturated heterocycles. The van der Waals surface area contributed by atoms with Crippen molar-refractivity contribution >= 4 is 11.7 Å². The monoisotopic (exact) mass is 291 g/mol. The van der Waals surface area contributed by atoms with Gasteiger partial charge in [-0.05, 0) is 49.3 Å². The lowest BCUT2D eigenvalue weighted by Crippen LogP contribution is -2.20. The topological polar surface area (TPSA) is 58.6 Å². The molecule has 0 amide bonds. The highest BCUT2D eigenvalue weighted by molar-refractivity contribution is 5.89. The first-order valence-electron chi connectivity index (χ1n) is 7.59. The van der Waals surface area contributed by atoms with Crippen molar-refractivity contribution in [2.75, 3.05) is 12.4 Å². The molecule has 4 nitrogen and oxygen atoms in total. The fourth-order valence-electron chi connectivity index (χ4n) is 2.98. The minimum absolute atomic E-state index is 0.284. The number of aromatic carboxylic acids is 1. The maximum atomic E-state index is 11.1. The molecule has 116 valence electrons. The van der Waals surface area contributed by atoms with Crippen LogP contribution in [0.2, 0.25) is 0 Å². The van der Waals surface area contributed by atoms with Gasteiger partial charge in [0.15, 0.2) is 0 Å². The largest absolute Gasteiger partial charge is 0.495 e. The fourth-order valence-corrected chi connectivity index (χ4v) is 2.98. The fraction of sp³-hybridized carbons (Fsp3) is 0.588. The normalized spacial score (nSPS) is 21.4. The van der Waals surface area contributed by atoms with E-state index in [9.17, 15) is 4.79 Å². The Labute approximate surface area is 126 Å². The number of rotatable bonds is 4. The number of hydrogen-bond donors (Lipinski definition) is 2. The molecule has 1 unspecified atom stereocenters. The molecule has 0 heterocycles. The van der Waals surface area contributed by atoms with Gasteiger partial charge in [-0.25, -0.2) is 4.79 Å². The van der Waals surface area contributed by atoms with Gasteiger partial charge in [0.1, 0.15) is 5.75 Å². The third kappa shape index (κ3) is 4.13. The maximum absolute atomic E-state index is 11.1. The average Bonchev–Trinajstić information content (AvgIpc) is 2.60. The highest BCUT2D eigenvalue weighted by atomic mass is 16.5. The number of benzene rings is 1. The van der Waals surface area contributed by atoms with Crippen LogP contribution in [0.15, 0.2) is 18.2 Å². The van der Waals surface area contributed by atoms with Crippen LogP contribution in [0.3, 0.4) is 0 Å². The van der Waals surface area contributed by atoms with Crippen LogP contribution < -0.4 is 10.1 Å². The second-order valence-corrected chi connectivity index (χ2v) is 6.66. The molecule has 0 aliphatic heterocycles. The molecule has 1 atom stereocenters. The summed E-state index contributed by atoms with van der Waals surface area (Å²) in [6, 6.07) is 5.33. The van der Waals surface area contributed by atoms with Crippen molar-refractivity contribution in [3.63, 3.8) is 0 Å². The van der Waals surface area contributed by atoms with E-state index in [0.29, 0.717) is 17.2 Å². The molecule has 1 aliphatic carbocycles. The number of carbonyl (C=O) groups is 1. The van der Waals surface area contributed by atoms with Crippen LogP contribution >= 0.6 is 0 Å². The van der Waals surface area contributed by atoms with E-state index in [1.807, 2.05) is 0 Å². The molecule has 0 radical (unpaired) electrons. The Morgan fingerprint density at radius 1 is 1.33 bits per heavy atom. The van der Waals surface area contributed by atoms with Crippen LogP contribution in [-0.2, 0) is 0 Å². The van der Waals surface area contributed by atoms with E-state index in [2.05, 4.69) is 19.2 Å². The van der Waals surface area contributed by atoms with E-state index in [-0.39, 0.29) is 5.56 Å². The molecule has 1 aromatic rings. The Morgan fingerprint density at radius 3 is 2.76 bits per heavy atom. The summed E-state index contributed by atoms with van der Waals surface area (Å²) in [5.41, 5.74) is 1.47. The first kappa shape index (κ1) is 15.7. The number of nitrogens with one attached hydrogen (secondary N) is 1. The summed E-state index contributed by atoms with van der Waals surface area (Å²) in [6.07, 6.45) is 5.85. The predicted molar refractivity (Wildman–Crippen MR) is 84.2 cm³/mol. The van der Waals surface area contributed by atoms with E-state index in [1.54, 1.807) is 25.3 Å². The third-order valence-corrected chi connectivity index (χ3v) is 4.38. The van der Waals surface area contributed by atoms with Gasteiger partial charge in [0.2, 0.25) is 0 Å². The number of carboxylic acid groups (broad SMARTS) is 1. The Balaban J connectivity index is 2.14. The van der Waals surface area contributed by atoms with Gasteiger partial charge < -0.3 is 15.2 Å². The molecule has 21 heavy (non-hydrogen) atoms. The zero-order valence-corrected chi connectivity index (χ0v) is 13.1. The molecular weight excluding hydrogens is 266 g/mol. The molecular formula is C17H25NO3. The second-order valence-electron chi connectivity index (χ2n) is 6.66. The smallest absolute Gasteiger partial charge is 0.335 e. The van der Waals surface area contributed by atoms with Gasteiger partial charge in [-0.2, -0.15) is 0 Å². The quantitative estimate of drug-likeness (QED) is 0.818. The summed E-state index contributed by atoms with van der Waals surface area (Å²) in [5, 5.41) is 12.6. The van der Waals surface area contributed by atoms with Crippen LogP contribution in [0.1, 0.15) is 56.3 Å². The van der Waals surface area contributed by atoms with Gasteiger partial charge in [0.05, 0.1) is 18.4 Å². The standard InChI is InChI=1S/C17H25NO3/c1-17(2)9-4-5-13(8-10-17)18-14-11-12(16(19)20)6-7-15(14)21-3/h6-7,11,13,18H,4-5,8-10H2,1-3H3,(H,19,20). The average molecular weight is 291 g/mol. The molecule has 1 aromatic carbocycles. The molecule has 0 bridgehead atoms. The highest BCUT2D eigenvalue weighted by Crippen LogP contribution is 2.36. The van der Waals surface area contributed by atoms with Crippen molar-refractivity contribution in [3.8, 4) is 5.75 Å². The summed E-state index contributed by atoms with van der Waals surface area (Å²) in [6.45, 7) is 4.64. The van der Waals surface area contributed by atoms with Crippen LogP contribution in [-0.4, -0.2) is 24.2 Å². The number of hydrogen-bond acceptors (Lipinski definition) is 3. The molecule has 1 fully saturated rings. The van der Waals surface area contributed by atoms with Gasteiger partial charge in [0, 0.05) is 6.04 Å². The SMILES string of the molecule is COc1ccc(C(=O)O)cc1NC1CCCC(C)(C)CC1. The Bertz CT molecular complexity index is 511. The van der Waals surface area contributed by atoms with Gasteiger partial charge >= 0.3 is 5.97 Å².